The highest BCUT2D eigenvalue weighted by Crippen LogP contribution is 2.28. The second-order valence-electron chi connectivity index (χ2n) is 8.22. The zero-order valence-corrected chi connectivity index (χ0v) is 22.3. The first-order valence-corrected chi connectivity index (χ1v) is 13.3. The SMILES string of the molecule is COc1ccc(C(=O)Oc2ccc(/C=N\NC(=O)c3ccc(NS(=O)(=O)c4ccccc4)cc3)cc2OC)cc1. The van der Waals surface area contributed by atoms with Gasteiger partial charge in [0.05, 0.1) is 30.9 Å². The van der Waals surface area contributed by atoms with Crippen LogP contribution in [0.5, 0.6) is 17.2 Å². The molecule has 0 heterocycles. The third kappa shape index (κ3) is 7.03. The average Bonchev–Trinajstić information content (AvgIpc) is 2.98. The molecule has 0 radical (unpaired) electrons. The van der Waals surface area contributed by atoms with Gasteiger partial charge >= 0.3 is 5.97 Å². The van der Waals surface area contributed by atoms with E-state index in [1.807, 2.05) is 0 Å². The molecule has 0 saturated heterocycles. The molecule has 0 aliphatic carbocycles. The van der Waals surface area contributed by atoms with Crippen molar-refractivity contribution in [1.82, 2.24) is 5.43 Å². The molecule has 0 bridgehead atoms. The van der Waals surface area contributed by atoms with E-state index in [2.05, 4.69) is 15.2 Å². The Morgan fingerprint density at radius 2 is 1.45 bits per heavy atom. The Kier molecular flexibility index (Phi) is 8.77. The number of hydrogen-bond acceptors (Lipinski definition) is 8. The van der Waals surface area contributed by atoms with Gasteiger partial charge in [0.15, 0.2) is 11.5 Å². The van der Waals surface area contributed by atoms with Crippen molar-refractivity contribution in [1.29, 1.82) is 0 Å². The second-order valence-corrected chi connectivity index (χ2v) is 9.91. The third-order valence-corrected chi connectivity index (χ3v) is 6.95. The third-order valence-electron chi connectivity index (χ3n) is 5.55. The van der Waals surface area contributed by atoms with Crippen molar-refractivity contribution in [2.75, 3.05) is 18.9 Å². The maximum Gasteiger partial charge on any atom is 0.343 e. The van der Waals surface area contributed by atoms with Crippen LogP contribution in [-0.2, 0) is 10.0 Å². The first-order chi connectivity index (χ1) is 19.3. The number of amides is 1. The molecule has 0 aliphatic rings. The number of sulfonamides is 1. The van der Waals surface area contributed by atoms with Crippen molar-refractivity contribution >= 4 is 33.8 Å². The van der Waals surface area contributed by atoms with Gasteiger partial charge in [-0.05, 0) is 84.4 Å². The van der Waals surface area contributed by atoms with Crippen LogP contribution in [0.2, 0.25) is 0 Å². The van der Waals surface area contributed by atoms with Gasteiger partial charge in [0.2, 0.25) is 0 Å². The molecule has 0 spiro atoms. The number of carbonyl (C=O) groups excluding carboxylic acids is 2. The Morgan fingerprint density at radius 3 is 2.10 bits per heavy atom. The smallest absolute Gasteiger partial charge is 0.343 e. The topological polar surface area (TPSA) is 132 Å². The lowest BCUT2D eigenvalue weighted by Gasteiger charge is -2.10. The molecule has 4 aromatic rings. The molecule has 0 aromatic heterocycles. The van der Waals surface area contributed by atoms with E-state index in [-0.39, 0.29) is 16.2 Å². The number of rotatable bonds is 10. The van der Waals surface area contributed by atoms with Crippen LogP contribution < -0.4 is 24.4 Å². The highest BCUT2D eigenvalue weighted by Gasteiger charge is 2.15. The summed E-state index contributed by atoms with van der Waals surface area (Å²) in [5.74, 6) is 0.0746. The monoisotopic (exact) mass is 559 g/mol. The zero-order chi connectivity index (χ0) is 28.5. The Labute approximate surface area is 231 Å². The Hall–Kier alpha value is -5.16. The first kappa shape index (κ1) is 27.9. The normalized spacial score (nSPS) is 11.1. The Morgan fingerprint density at radius 1 is 0.775 bits per heavy atom. The summed E-state index contributed by atoms with van der Waals surface area (Å²) in [6.45, 7) is 0. The Bertz CT molecular complexity index is 1620. The summed E-state index contributed by atoms with van der Waals surface area (Å²) in [5, 5.41) is 3.96. The van der Waals surface area contributed by atoms with E-state index in [9.17, 15) is 18.0 Å². The summed E-state index contributed by atoms with van der Waals surface area (Å²) in [4.78, 5) is 25.1. The van der Waals surface area contributed by atoms with E-state index in [1.165, 1.54) is 56.8 Å². The highest BCUT2D eigenvalue weighted by molar-refractivity contribution is 7.92. The second kappa shape index (κ2) is 12.6. The molecule has 0 unspecified atom stereocenters. The van der Waals surface area contributed by atoms with Gasteiger partial charge < -0.3 is 14.2 Å². The van der Waals surface area contributed by atoms with Gasteiger partial charge in [-0.1, -0.05) is 18.2 Å². The fourth-order valence-electron chi connectivity index (χ4n) is 3.47. The molecule has 10 nitrogen and oxygen atoms in total. The lowest BCUT2D eigenvalue weighted by Crippen LogP contribution is -2.18. The van der Waals surface area contributed by atoms with Crippen LogP contribution in [0.1, 0.15) is 26.3 Å². The molecular weight excluding hydrogens is 534 g/mol. The van der Waals surface area contributed by atoms with E-state index >= 15 is 0 Å². The lowest BCUT2D eigenvalue weighted by atomic mass is 10.2. The average molecular weight is 560 g/mol. The van der Waals surface area contributed by atoms with E-state index < -0.39 is 21.9 Å². The largest absolute Gasteiger partial charge is 0.497 e. The molecule has 0 atom stereocenters. The highest BCUT2D eigenvalue weighted by atomic mass is 32.2. The van der Waals surface area contributed by atoms with Crippen molar-refractivity contribution in [3.8, 4) is 17.2 Å². The fraction of sp³-hybridized carbons (Fsp3) is 0.0690. The zero-order valence-electron chi connectivity index (χ0n) is 21.5. The molecule has 204 valence electrons. The molecule has 4 rings (SSSR count). The predicted molar refractivity (Wildman–Crippen MR) is 150 cm³/mol. The lowest BCUT2D eigenvalue weighted by molar-refractivity contribution is 0.0729. The number of nitrogens with zero attached hydrogens (tertiary/aromatic N) is 1. The van der Waals surface area contributed by atoms with E-state index in [0.29, 0.717) is 28.3 Å². The maximum absolute atomic E-state index is 12.5. The summed E-state index contributed by atoms with van der Waals surface area (Å²) >= 11 is 0. The summed E-state index contributed by atoms with van der Waals surface area (Å²) in [6.07, 6.45) is 1.40. The first-order valence-electron chi connectivity index (χ1n) is 11.8. The Balaban J connectivity index is 1.35. The van der Waals surface area contributed by atoms with Crippen molar-refractivity contribution in [2.45, 2.75) is 4.90 Å². The van der Waals surface area contributed by atoms with Gasteiger partial charge in [0.25, 0.3) is 15.9 Å². The van der Waals surface area contributed by atoms with E-state index in [1.54, 1.807) is 60.7 Å². The van der Waals surface area contributed by atoms with Gasteiger partial charge in [-0.15, -0.1) is 0 Å². The van der Waals surface area contributed by atoms with Gasteiger partial charge in [0, 0.05) is 11.3 Å². The summed E-state index contributed by atoms with van der Waals surface area (Å²) < 4.78 is 43.3. The van der Waals surface area contributed by atoms with E-state index in [0.717, 1.165) is 0 Å². The number of hydrazone groups is 1. The summed E-state index contributed by atoms with van der Waals surface area (Å²) in [5.41, 5.74) is 3.92. The van der Waals surface area contributed by atoms with Gasteiger partial charge in [0.1, 0.15) is 5.75 Å². The van der Waals surface area contributed by atoms with Crippen LogP contribution in [0, 0.1) is 0 Å². The quantitative estimate of drug-likeness (QED) is 0.127. The minimum atomic E-state index is -3.74. The van der Waals surface area contributed by atoms with Crippen LogP contribution in [0.4, 0.5) is 5.69 Å². The number of carbonyl (C=O) groups is 2. The van der Waals surface area contributed by atoms with Crippen molar-refractivity contribution in [3.63, 3.8) is 0 Å². The molecule has 2 N–H and O–H groups in total. The number of benzene rings is 4. The number of ether oxygens (including phenoxy) is 3. The summed E-state index contributed by atoms with van der Waals surface area (Å²) in [7, 11) is -0.768. The van der Waals surface area contributed by atoms with Crippen LogP contribution in [0.25, 0.3) is 0 Å². The van der Waals surface area contributed by atoms with Gasteiger partial charge in [-0.3, -0.25) is 9.52 Å². The van der Waals surface area contributed by atoms with Gasteiger partial charge in [-0.25, -0.2) is 18.6 Å². The van der Waals surface area contributed by atoms with Crippen LogP contribution in [0.15, 0.2) is 107 Å². The minimum absolute atomic E-state index is 0.131. The molecule has 0 aliphatic heterocycles. The van der Waals surface area contributed by atoms with Crippen molar-refractivity contribution in [2.24, 2.45) is 5.10 Å². The number of hydrogen-bond donors (Lipinski definition) is 2. The maximum atomic E-state index is 12.5. The summed E-state index contributed by atoms with van der Waals surface area (Å²) in [6, 6.07) is 25.2. The molecule has 40 heavy (non-hydrogen) atoms. The molecule has 0 saturated carbocycles. The molecular formula is C29H25N3O7S. The van der Waals surface area contributed by atoms with Crippen molar-refractivity contribution in [3.05, 3.63) is 114 Å². The number of methoxy groups -OCH3 is 2. The van der Waals surface area contributed by atoms with Gasteiger partial charge in [-0.2, -0.15) is 5.10 Å². The molecule has 1 amide bonds. The number of esters is 1. The van der Waals surface area contributed by atoms with Crippen LogP contribution >= 0.6 is 0 Å². The fourth-order valence-corrected chi connectivity index (χ4v) is 4.55. The van der Waals surface area contributed by atoms with E-state index in [4.69, 9.17) is 14.2 Å². The molecule has 11 heteroatoms. The molecule has 0 fully saturated rings. The van der Waals surface area contributed by atoms with Crippen LogP contribution in [0.3, 0.4) is 0 Å². The number of anilines is 1. The molecule has 4 aromatic carbocycles. The van der Waals surface area contributed by atoms with Crippen molar-refractivity contribution < 1.29 is 32.2 Å². The standard InChI is InChI=1S/C29H25N3O7S/c1-37-24-15-11-22(12-16-24)29(34)39-26-17-8-20(18-27(26)38-2)19-30-31-28(33)21-9-13-23(14-10-21)32-40(35,36)25-6-4-3-5-7-25/h3-19,32H,1-2H3,(H,31,33)/b30-19-. The predicted octanol–water partition coefficient (Wildman–Crippen LogP) is 4.49. The van der Waals surface area contributed by atoms with Crippen LogP contribution in [-0.4, -0.2) is 40.7 Å². The number of nitrogens with one attached hydrogen (secondary N) is 2. The minimum Gasteiger partial charge on any atom is -0.497 e.